The molecule has 0 amide bonds. The molecule has 0 aromatic heterocycles. The maximum Gasteiger partial charge on any atom is 0.338 e. The molecule has 280 valence electrons. The molecule has 2 saturated heterocycles. The maximum atomic E-state index is 13.1. The van der Waals surface area contributed by atoms with Crippen LogP contribution in [0.2, 0.25) is 5.04 Å². The Balaban J connectivity index is 1.03. The summed E-state index contributed by atoms with van der Waals surface area (Å²) in [5.74, 6) is 0.648. The van der Waals surface area contributed by atoms with E-state index in [4.69, 9.17) is 14.2 Å². The number of nitrogens with one attached hydrogen (secondary N) is 1. The van der Waals surface area contributed by atoms with Crippen molar-refractivity contribution < 1.29 is 14.0 Å². The highest BCUT2D eigenvalue weighted by Crippen LogP contribution is 2.37. The molecule has 3 atom stereocenters. The number of benzene rings is 3. The Morgan fingerprint density at radius 1 is 0.808 bits per heavy atom. The molecular formula is C44H62N4O3Si. The number of ether oxygens (including phenoxy) is 1. The van der Waals surface area contributed by atoms with Crippen molar-refractivity contribution in [2.24, 2.45) is 4.99 Å². The Bertz CT molecular complexity index is 1540. The van der Waals surface area contributed by atoms with E-state index in [9.17, 15) is 4.79 Å². The Hall–Kier alpha value is -3.46. The summed E-state index contributed by atoms with van der Waals surface area (Å²) in [6.07, 6.45) is 12.3. The molecule has 6 rings (SSSR count). The van der Waals surface area contributed by atoms with Crippen molar-refractivity contribution in [3.63, 3.8) is 0 Å². The van der Waals surface area contributed by atoms with Crippen LogP contribution in [0.25, 0.3) is 0 Å². The Morgan fingerprint density at radius 2 is 1.46 bits per heavy atom. The van der Waals surface area contributed by atoms with Gasteiger partial charge in [0.1, 0.15) is 6.61 Å². The van der Waals surface area contributed by atoms with E-state index < -0.39 is 8.32 Å². The molecule has 3 aromatic rings. The lowest BCUT2D eigenvalue weighted by molar-refractivity contribution is 0.0455. The van der Waals surface area contributed by atoms with Gasteiger partial charge in [-0.3, -0.25) is 4.90 Å². The first-order valence-electron chi connectivity index (χ1n) is 20.1. The van der Waals surface area contributed by atoms with Crippen LogP contribution in [-0.2, 0) is 9.16 Å². The van der Waals surface area contributed by atoms with E-state index in [-0.39, 0.29) is 23.1 Å². The van der Waals surface area contributed by atoms with Gasteiger partial charge < -0.3 is 19.4 Å². The molecule has 3 aromatic carbocycles. The Labute approximate surface area is 314 Å². The molecule has 8 heteroatoms. The zero-order valence-corrected chi connectivity index (χ0v) is 33.2. The number of unbranched alkanes of at least 4 members (excludes halogenated alkanes) is 5. The fourth-order valence-electron chi connectivity index (χ4n) is 8.54. The SMILES string of the molecule is CCCCCCCCN1CCC[C@@H]1c1ccc(C(=O)OC[C@H]2CCN3CC[C@H](CO[Si](c4ccccc4)(c4ccccc4)C(C)(C)C)N=C3N2)cc1. The molecule has 3 aliphatic heterocycles. The van der Waals surface area contributed by atoms with Crippen molar-refractivity contribution in [1.82, 2.24) is 15.1 Å². The average molecular weight is 723 g/mol. The van der Waals surface area contributed by atoms with E-state index in [2.05, 4.69) is 116 Å². The molecule has 2 fully saturated rings. The van der Waals surface area contributed by atoms with Gasteiger partial charge in [0, 0.05) is 19.1 Å². The smallest absolute Gasteiger partial charge is 0.338 e. The van der Waals surface area contributed by atoms with E-state index in [1.165, 1.54) is 80.4 Å². The highest BCUT2D eigenvalue weighted by molar-refractivity contribution is 6.99. The van der Waals surface area contributed by atoms with E-state index in [0.29, 0.717) is 24.8 Å². The van der Waals surface area contributed by atoms with E-state index in [1.54, 1.807) is 0 Å². The first-order chi connectivity index (χ1) is 25.3. The predicted molar refractivity (Wildman–Crippen MR) is 216 cm³/mol. The number of fused-ring (bicyclic) bond motifs is 1. The van der Waals surface area contributed by atoms with Crippen LogP contribution in [0, 0.1) is 0 Å². The van der Waals surface area contributed by atoms with Crippen molar-refractivity contribution in [1.29, 1.82) is 0 Å². The van der Waals surface area contributed by atoms with E-state index >= 15 is 0 Å². The van der Waals surface area contributed by atoms with Gasteiger partial charge in [-0.2, -0.15) is 0 Å². The number of nitrogens with zero attached hydrogens (tertiary/aromatic N) is 3. The number of hydrogen-bond acceptors (Lipinski definition) is 7. The number of guanidine groups is 1. The van der Waals surface area contributed by atoms with Crippen LogP contribution in [0.3, 0.4) is 0 Å². The van der Waals surface area contributed by atoms with Gasteiger partial charge in [-0.15, -0.1) is 0 Å². The molecule has 0 radical (unpaired) electrons. The maximum absolute atomic E-state index is 13.1. The fraction of sp³-hybridized carbons (Fsp3) is 0.545. The third kappa shape index (κ3) is 9.18. The summed E-state index contributed by atoms with van der Waals surface area (Å²) in [5, 5.41) is 6.11. The number of rotatable bonds is 16. The second-order valence-electron chi connectivity index (χ2n) is 16.2. The predicted octanol–water partition coefficient (Wildman–Crippen LogP) is 7.71. The van der Waals surface area contributed by atoms with Gasteiger partial charge in [0.2, 0.25) is 0 Å². The molecule has 0 unspecified atom stereocenters. The molecule has 52 heavy (non-hydrogen) atoms. The van der Waals surface area contributed by atoms with Crippen molar-refractivity contribution in [3.8, 4) is 0 Å². The number of esters is 1. The van der Waals surface area contributed by atoms with Crippen LogP contribution in [0.5, 0.6) is 0 Å². The van der Waals surface area contributed by atoms with Crippen molar-refractivity contribution in [2.75, 3.05) is 39.4 Å². The minimum Gasteiger partial charge on any atom is -0.460 e. The largest absolute Gasteiger partial charge is 0.460 e. The quantitative estimate of drug-likeness (QED) is 0.0929. The molecule has 0 spiro atoms. The highest BCUT2D eigenvalue weighted by Gasteiger charge is 2.50. The van der Waals surface area contributed by atoms with Gasteiger partial charge in [0.05, 0.1) is 24.3 Å². The Morgan fingerprint density at radius 3 is 2.13 bits per heavy atom. The van der Waals surface area contributed by atoms with Gasteiger partial charge in [0.15, 0.2) is 5.96 Å². The monoisotopic (exact) mass is 722 g/mol. The van der Waals surface area contributed by atoms with Crippen LogP contribution in [0.4, 0.5) is 0 Å². The molecule has 0 bridgehead atoms. The molecule has 3 aliphatic rings. The minimum atomic E-state index is -2.64. The summed E-state index contributed by atoms with van der Waals surface area (Å²) in [6.45, 7) is 14.3. The summed E-state index contributed by atoms with van der Waals surface area (Å²) in [4.78, 5) is 23.3. The molecule has 0 saturated carbocycles. The molecule has 0 aliphatic carbocycles. The summed E-state index contributed by atoms with van der Waals surface area (Å²) in [6, 6.07) is 30.4. The van der Waals surface area contributed by atoms with E-state index in [1.807, 2.05) is 12.1 Å². The molecule has 7 nitrogen and oxygen atoms in total. The molecule has 3 heterocycles. The van der Waals surface area contributed by atoms with Gasteiger partial charge in [-0.1, -0.05) is 133 Å². The van der Waals surface area contributed by atoms with Gasteiger partial charge in [-0.25, -0.2) is 9.79 Å². The normalized spacial score (nSPS) is 21.0. The Kier molecular flexibility index (Phi) is 13.3. The summed E-state index contributed by atoms with van der Waals surface area (Å²) in [7, 11) is -2.64. The summed E-state index contributed by atoms with van der Waals surface area (Å²) in [5.41, 5.74) is 1.94. The van der Waals surface area contributed by atoms with Crippen LogP contribution in [0.15, 0.2) is 89.9 Å². The third-order valence-electron chi connectivity index (χ3n) is 11.4. The van der Waals surface area contributed by atoms with Gasteiger partial charge >= 0.3 is 5.97 Å². The molecule has 1 N–H and O–H groups in total. The number of carbonyl (C=O) groups is 1. The zero-order valence-electron chi connectivity index (χ0n) is 32.2. The van der Waals surface area contributed by atoms with Crippen molar-refractivity contribution in [2.45, 2.75) is 115 Å². The lowest BCUT2D eigenvalue weighted by Crippen LogP contribution is -2.67. The topological polar surface area (TPSA) is 66.4 Å². The lowest BCUT2D eigenvalue weighted by Gasteiger charge is -2.44. The second kappa shape index (κ2) is 18.0. The number of carbonyl (C=O) groups excluding carboxylic acids is 1. The van der Waals surface area contributed by atoms with Crippen molar-refractivity contribution >= 4 is 30.6 Å². The number of aliphatic imine (C=N–C) groups is 1. The van der Waals surface area contributed by atoms with Crippen LogP contribution in [-0.4, -0.2) is 81.5 Å². The summed E-state index contributed by atoms with van der Waals surface area (Å²) >= 11 is 0. The van der Waals surface area contributed by atoms with Gasteiger partial charge in [0.25, 0.3) is 8.32 Å². The lowest BCUT2D eigenvalue weighted by atomic mass is 10.0. The van der Waals surface area contributed by atoms with Crippen LogP contribution >= 0.6 is 0 Å². The number of likely N-dealkylation sites (tertiary alicyclic amines) is 1. The van der Waals surface area contributed by atoms with E-state index in [0.717, 1.165) is 31.9 Å². The first kappa shape index (κ1) is 38.3. The van der Waals surface area contributed by atoms with Crippen LogP contribution < -0.4 is 15.7 Å². The second-order valence-corrected chi connectivity index (χ2v) is 20.5. The summed E-state index contributed by atoms with van der Waals surface area (Å²) < 4.78 is 13.1. The average Bonchev–Trinajstić information content (AvgIpc) is 3.64. The van der Waals surface area contributed by atoms with Gasteiger partial charge in [-0.05, 0) is 78.3 Å². The third-order valence-corrected chi connectivity index (χ3v) is 16.4. The fourth-order valence-corrected chi connectivity index (χ4v) is 13.1. The standard InChI is InChI=1S/C44H62N4O3Si/c1-5-6-7-8-9-16-29-47-30-17-22-41(47)35-23-25-36(26-24-35)42(49)50-33-37-27-31-48-32-28-38(46-43(48)45-37)34-51-52(44(2,3)4,39-18-12-10-13-19-39)40-20-14-11-15-21-40/h10-15,18-21,23-26,37-38,41H,5-9,16-17,22,27-34H2,1-4H3,(H,45,46)/t37-,38-,41-/m1/s1. The minimum absolute atomic E-state index is 0.0311. The zero-order chi connectivity index (χ0) is 36.4. The molecular weight excluding hydrogens is 661 g/mol. The number of hydrogen-bond donors (Lipinski definition) is 1. The first-order valence-corrected chi connectivity index (χ1v) is 22.0. The van der Waals surface area contributed by atoms with Crippen molar-refractivity contribution in [3.05, 3.63) is 96.1 Å². The highest BCUT2D eigenvalue weighted by atomic mass is 28.4. The van der Waals surface area contributed by atoms with Crippen LogP contribution in [0.1, 0.15) is 114 Å².